The Balaban J connectivity index is 1.78. The molecular weight excluding hydrogens is 372 g/mol. The molecule has 0 radical (unpaired) electrons. The lowest BCUT2D eigenvalue weighted by Gasteiger charge is -2.17. The molecule has 1 amide bonds. The molecule has 0 aliphatic rings. The maximum Gasteiger partial charge on any atom is 0.226 e. The van der Waals surface area contributed by atoms with Gasteiger partial charge in [-0.2, -0.15) is 0 Å². The molecule has 0 N–H and O–H groups in total. The molecule has 5 heteroatoms. The number of nitrogens with zero attached hydrogens (tertiary/aromatic N) is 2. The second-order valence-corrected chi connectivity index (χ2v) is 6.92. The number of ketones is 1. The van der Waals surface area contributed by atoms with E-state index >= 15 is 0 Å². The van der Waals surface area contributed by atoms with Gasteiger partial charge in [-0.15, -0.1) is 0 Å². The Morgan fingerprint density at radius 3 is 2.43 bits per heavy atom. The molecule has 0 atom stereocenters. The number of Topliss-reactive ketones (excluding diaryl/α,β-unsaturated/α-hetero) is 1. The normalized spacial score (nSPS) is 10.5. The van der Waals surface area contributed by atoms with Gasteiger partial charge in [0.15, 0.2) is 5.78 Å². The number of halogens is 1. The Morgan fingerprint density at radius 2 is 1.82 bits per heavy atom. The minimum absolute atomic E-state index is 0.0281. The van der Waals surface area contributed by atoms with Crippen LogP contribution in [0.15, 0.2) is 67.0 Å². The molecule has 0 spiro atoms. The number of amides is 1. The van der Waals surface area contributed by atoms with Crippen LogP contribution in [0.2, 0.25) is 5.02 Å². The largest absolute Gasteiger partial charge is 0.315 e. The van der Waals surface area contributed by atoms with Crippen LogP contribution >= 0.6 is 11.6 Å². The number of benzene rings is 2. The van der Waals surface area contributed by atoms with Gasteiger partial charge in [-0.05, 0) is 29.3 Å². The van der Waals surface area contributed by atoms with Gasteiger partial charge < -0.3 is 4.90 Å². The smallest absolute Gasteiger partial charge is 0.226 e. The lowest BCUT2D eigenvalue weighted by Crippen LogP contribution is -2.24. The summed E-state index contributed by atoms with van der Waals surface area (Å²) >= 11 is 6.45. The van der Waals surface area contributed by atoms with E-state index in [9.17, 15) is 9.59 Å². The topological polar surface area (TPSA) is 50.3 Å². The van der Waals surface area contributed by atoms with Gasteiger partial charge in [0.1, 0.15) is 0 Å². The molecule has 1 aromatic heterocycles. The van der Waals surface area contributed by atoms with Crippen molar-refractivity contribution >= 4 is 29.0 Å². The second kappa shape index (κ2) is 8.81. The Labute approximate surface area is 169 Å². The standard InChI is InChI=1S/C23H21ClN2O2/c1-3-23(28)26(2)19-10-11-20(21(24)14-19)17-6-8-18(9-7-17)22(27)13-16-5-4-12-25-15-16/h4-12,14-15H,3,13H2,1-2H3. The first-order chi connectivity index (χ1) is 13.5. The van der Waals surface area contributed by atoms with Crippen molar-refractivity contribution < 1.29 is 9.59 Å². The Hall–Kier alpha value is -2.98. The highest BCUT2D eigenvalue weighted by molar-refractivity contribution is 6.33. The summed E-state index contributed by atoms with van der Waals surface area (Å²) in [7, 11) is 1.74. The van der Waals surface area contributed by atoms with Crippen molar-refractivity contribution in [1.29, 1.82) is 0 Å². The van der Waals surface area contributed by atoms with E-state index in [2.05, 4.69) is 4.98 Å². The van der Waals surface area contributed by atoms with Crippen LogP contribution in [-0.4, -0.2) is 23.7 Å². The molecule has 0 aliphatic heterocycles. The van der Waals surface area contributed by atoms with Gasteiger partial charge in [0.25, 0.3) is 0 Å². The molecule has 0 fully saturated rings. The zero-order valence-corrected chi connectivity index (χ0v) is 16.6. The summed E-state index contributed by atoms with van der Waals surface area (Å²) in [4.78, 5) is 29.9. The Bertz CT molecular complexity index is 985. The number of pyridine rings is 1. The van der Waals surface area contributed by atoms with E-state index < -0.39 is 0 Å². The van der Waals surface area contributed by atoms with Crippen molar-refractivity contribution in [1.82, 2.24) is 4.98 Å². The SMILES string of the molecule is CCC(=O)N(C)c1ccc(-c2ccc(C(=O)Cc3cccnc3)cc2)c(Cl)c1. The molecule has 3 aromatic rings. The zero-order chi connectivity index (χ0) is 20.1. The minimum Gasteiger partial charge on any atom is -0.315 e. The highest BCUT2D eigenvalue weighted by Crippen LogP contribution is 2.31. The predicted octanol–water partition coefficient (Wildman–Crippen LogP) is 5.20. The predicted molar refractivity (Wildman–Crippen MR) is 113 cm³/mol. The quantitative estimate of drug-likeness (QED) is 0.542. The van der Waals surface area contributed by atoms with Crippen LogP contribution < -0.4 is 4.90 Å². The van der Waals surface area contributed by atoms with Crippen molar-refractivity contribution in [2.24, 2.45) is 0 Å². The van der Waals surface area contributed by atoms with Crippen LogP contribution in [0.3, 0.4) is 0 Å². The van der Waals surface area contributed by atoms with Gasteiger partial charge >= 0.3 is 0 Å². The van der Waals surface area contributed by atoms with E-state index in [0.717, 1.165) is 22.4 Å². The van der Waals surface area contributed by atoms with Crippen LogP contribution in [0.4, 0.5) is 5.69 Å². The fourth-order valence-electron chi connectivity index (χ4n) is 2.95. The number of hydrogen-bond donors (Lipinski definition) is 0. The second-order valence-electron chi connectivity index (χ2n) is 6.51. The fourth-order valence-corrected chi connectivity index (χ4v) is 3.24. The monoisotopic (exact) mass is 392 g/mol. The summed E-state index contributed by atoms with van der Waals surface area (Å²) in [6, 6.07) is 16.7. The highest BCUT2D eigenvalue weighted by atomic mass is 35.5. The number of carbonyl (C=O) groups is 2. The van der Waals surface area contributed by atoms with Crippen LogP contribution in [-0.2, 0) is 11.2 Å². The number of carbonyl (C=O) groups excluding carboxylic acids is 2. The summed E-state index contributed by atoms with van der Waals surface area (Å²) in [5.41, 5.74) is 4.06. The molecule has 1 heterocycles. The third kappa shape index (κ3) is 4.46. The zero-order valence-electron chi connectivity index (χ0n) is 15.9. The lowest BCUT2D eigenvalue weighted by atomic mass is 9.99. The number of hydrogen-bond acceptors (Lipinski definition) is 3. The molecule has 0 saturated heterocycles. The van der Waals surface area contributed by atoms with Crippen molar-refractivity contribution in [2.45, 2.75) is 19.8 Å². The van der Waals surface area contributed by atoms with E-state index in [0.29, 0.717) is 23.4 Å². The number of rotatable bonds is 6. The van der Waals surface area contributed by atoms with E-state index in [1.54, 1.807) is 30.4 Å². The average molecular weight is 393 g/mol. The van der Waals surface area contributed by atoms with Gasteiger partial charge in [0, 0.05) is 49.1 Å². The van der Waals surface area contributed by atoms with Crippen LogP contribution in [0, 0.1) is 0 Å². The lowest BCUT2D eigenvalue weighted by molar-refractivity contribution is -0.118. The maximum atomic E-state index is 12.4. The Morgan fingerprint density at radius 1 is 1.07 bits per heavy atom. The van der Waals surface area contributed by atoms with E-state index in [1.165, 1.54) is 0 Å². The maximum absolute atomic E-state index is 12.4. The molecule has 28 heavy (non-hydrogen) atoms. The summed E-state index contributed by atoms with van der Waals surface area (Å²) < 4.78 is 0. The Kier molecular flexibility index (Phi) is 6.22. The molecule has 0 saturated carbocycles. The number of aromatic nitrogens is 1. The molecule has 0 aliphatic carbocycles. The van der Waals surface area contributed by atoms with Gasteiger partial charge in [-0.25, -0.2) is 0 Å². The summed E-state index contributed by atoms with van der Waals surface area (Å²) in [5.74, 6) is 0.0704. The third-order valence-electron chi connectivity index (χ3n) is 4.62. The first-order valence-electron chi connectivity index (χ1n) is 9.08. The van der Waals surface area contributed by atoms with Crippen molar-refractivity contribution in [3.05, 3.63) is 83.1 Å². The van der Waals surface area contributed by atoms with Crippen LogP contribution in [0.1, 0.15) is 29.3 Å². The van der Waals surface area contributed by atoms with Crippen LogP contribution in [0.25, 0.3) is 11.1 Å². The fraction of sp³-hybridized carbons (Fsp3) is 0.174. The average Bonchev–Trinajstić information content (AvgIpc) is 2.73. The molecule has 0 unspecified atom stereocenters. The molecule has 0 bridgehead atoms. The molecule has 2 aromatic carbocycles. The van der Waals surface area contributed by atoms with Crippen molar-refractivity contribution in [2.75, 3.05) is 11.9 Å². The minimum atomic E-state index is 0.0281. The molecule has 142 valence electrons. The van der Waals surface area contributed by atoms with Gasteiger partial charge in [0.05, 0.1) is 5.02 Å². The summed E-state index contributed by atoms with van der Waals surface area (Å²) in [6.45, 7) is 1.83. The summed E-state index contributed by atoms with van der Waals surface area (Å²) in [5, 5.41) is 0.558. The summed E-state index contributed by atoms with van der Waals surface area (Å²) in [6.07, 6.45) is 4.15. The highest BCUT2D eigenvalue weighted by Gasteiger charge is 2.12. The van der Waals surface area contributed by atoms with E-state index in [-0.39, 0.29) is 11.7 Å². The van der Waals surface area contributed by atoms with E-state index in [1.807, 2.05) is 55.5 Å². The van der Waals surface area contributed by atoms with E-state index in [4.69, 9.17) is 11.6 Å². The van der Waals surface area contributed by atoms with Gasteiger partial charge in [0.2, 0.25) is 5.91 Å². The first kappa shape index (κ1) is 19.8. The van der Waals surface area contributed by atoms with Crippen molar-refractivity contribution in [3.8, 4) is 11.1 Å². The van der Waals surface area contributed by atoms with Crippen molar-refractivity contribution in [3.63, 3.8) is 0 Å². The molecule has 3 rings (SSSR count). The van der Waals surface area contributed by atoms with Crippen LogP contribution in [0.5, 0.6) is 0 Å². The number of anilines is 1. The third-order valence-corrected chi connectivity index (χ3v) is 4.93. The first-order valence-corrected chi connectivity index (χ1v) is 9.46. The van der Waals surface area contributed by atoms with Gasteiger partial charge in [-0.1, -0.05) is 54.9 Å². The van der Waals surface area contributed by atoms with Gasteiger partial charge in [-0.3, -0.25) is 14.6 Å². The molecule has 4 nitrogen and oxygen atoms in total. The molecular formula is C23H21ClN2O2.